The van der Waals surface area contributed by atoms with Gasteiger partial charge in [-0.1, -0.05) is 39.8 Å². The van der Waals surface area contributed by atoms with Gasteiger partial charge in [-0.2, -0.15) is 0 Å². The standard InChI is InChI=1S/C29H39N5O5S/c1-17-15-29(5,6)33(16-17)25-21(26(35)34(40(38)39)23-9-7-8-22(30)31-23)14-20(24(32-25)28(2,3)4)18-10-12-19(13-11-18)27(36)37/h7-10,14,17,19H,11-13,15-16H2,1-6H3,(H2,30,31)(H,36,37)(H,38,39)/p-1. The van der Waals surface area contributed by atoms with Crippen LogP contribution in [0.4, 0.5) is 17.5 Å². The molecule has 0 radical (unpaired) electrons. The van der Waals surface area contributed by atoms with Crippen LogP contribution in [0.5, 0.6) is 0 Å². The average molecular weight is 569 g/mol. The van der Waals surface area contributed by atoms with Crippen LogP contribution in [0.25, 0.3) is 5.57 Å². The highest BCUT2D eigenvalue weighted by Crippen LogP contribution is 2.42. The molecule has 3 unspecified atom stereocenters. The van der Waals surface area contributed by atoms with Gasteiger partial charge in [0.2, 0.25) is 0 Å². The summed E-state index contributed by atoms with van der Waals surface area (Å²) in [6.07, 6.45) is 4.14. The van der Waals surface area contributed by atoms with Crippen molar-refractivity contribution in [1.29, 1.82) is 0 Å². The number of carboxylic acid groups (broad SMARTS) is 1. The van der Waals surface area contributed by atoms with Gasteiger partial charge in [0.15, 0.2) is 0 Å². The van der Waals surface area contributed by atoms with Crippen LogP contribution >= 0.6 is 0 Å². The summed E-state index contributed by atoms with van der Waals surface area (Å²) in [5.74, 6) is -1.34. The molecule has 4 rings (SSSR count). The number of rotatable bonds is 6. The van der Waals surface area contributed by atoms with Gasteiger partial charge in [0.25, 0.3) is 5.91 Å². The van der Waals surface area contributed by atoms with Crippen molar-refractivity contribution in [2.24, 2.45) is 11.8 Å². The third-order valence-corrected chi connectivity index (χ3v) is 8.33. The van der Waals surface area contributed by atoms with Gasteiger partial charge < -0.3 is 20.3 Å². The number of carboxylic acids is 1. The van der Waals surface area contributed by atoms with E-state index >= 15 is 0 Å². The van der Waals surface area contributed by atoms with Crippen molar-refractivity contribution in [3.05, 3.63) is 47.2 Å². The van der Waals surface area contributed by atoms with Gasteiger partial charge in [-0.25, -0.2) is 14.3 Å². The number of allylic oxidation sites excluding steroid dienone is 2. The molecule has 3 heterocycles. The lowest BCUT2D eigenvalue weighted by atomic mass is 9.80. The molecule has 0 aromatic carbocycles. The monoisotopic (exact) mass is 568 g/mol. The van der Waals surface area contributed by atoms with Gasteiger partial charge in [0.1, 0.15) is 17.5 Å². The molecule has 1 aliphatic carbocycles. The SMILES string of the molecule is CC1CN(c2nc(C(C)(C)C)c(C3=CCC(C(=O)O)CC3)cc2C(=O)N(c2cccc(N)n2)S(=O)[O-])C(C)(C)C1. The number of nitrogens with two attached hydrogens (primary N) is 1. The lowest BCUT2D eigenvalue weighted by molar-refractivity contribution is -0.141. The number of nitrogens with zero attached hydrogens (tertiary/aromatic N) is 4. The normalized spacial score (nSPS) is 21.6. The molecule has 0 bridgehead atoms. The second-order valence-corrected chi connectivity index (χ2v) is 13.3. The molecule has 216 valence electrons. The number of aromatic nitrogens is 2. The topological polar surface area (TPSA) is 153 Å². The van der Waals surface area contributed by atoms with Crippen LogP contribution < -0.4 is 14.9 Å². The Kier molecular flexibility index (Phi) is 8.11. The molecular weight excluding hydrogens is 530 g/mol. The first kappa shape index (κ1) is 29.7. The van der Waals surface area contributed by atoms with Crippen molar-refractivity contribution in [1.82, 2.24) is 9.97 Å². The Morgan fingerprint density at radius 2 is 1.95 bits per heavy atom. The van der Waals surface area contributed by atoms with Gasteiger partial charge in [-0.15, -0.1) is 0 Å². The minimum absolute atomic E-state index is 0.0812. The maximum Gasteiger partial charge on any atom is 0.306 e. The van der Waals surface area contributed by atoms with E-state index in [0.717, 1.165) is 23.3 Å². The Morgan fingerprint density at radius 3 is 2.45 bits per heavy atom. The minimum atomic E-state index is -2.98. The van der Waals surface area contributed by atoms with E-state index in [2.05, 4.69) is 30.7 Å². The molecule has 2 aromatic heterocycles. The number of amides is 1. The lowest BCUT2D eigenvalue weighted by Crippen LogP contribution is -2.42. The maximum atomic E-state index is 14.2. The summed E-state index contributed by atoms with van der Waals surface area (Å²) < 4.78 is 25.6. The first-order valence-corrected chi connectivity index (χ1v) is 14.5. The van der Waals surface area contributed by atoms with Crippen LogP contribution in [0.1, 0.15) is 88.8 Å². The number of nitrogen functional groups attached to an aromatic ring is 1. The number of pyridine rings is 2. The van der Waals surface area contributed by atoms with Gasteiger partial charge in [0.05, 0.1) is 28.4 Å². The molecule has 0 spiro atoms. The molecular formula is C29H38N5O5S-. The zero-order valence-corrected chi connectivity index (χ0v) is 24.7. The first-order valence-electron chi connectivity index (χ1n) is 13.5. The molecule has 3 atom stereocenters. The highest BCUT2D eigenvalue weighted by atomic mass is 32.2. The van der Waals surface area contributed by atoms with E-state index < -0.39 is 34.5 Å². The fourth-order valence-electron chi connectivity index (χ4n) is 5.86. The zero-order chi connectivity index (χ0) is 29.6. The van der Waals surface area contributed by atoms with Crippen LogP contribution in [0.3, 0.4) is 0 Å². The molecule has 10 nitrogen and oxygen atoms in total. The summed E-state index contributed by atoms with van der Waals surface area (Å²) in [6, 6.07) is 6.20. The highest BCUT2D eigenvalue weighted by molar-refractivity contribution is 7.81. The van der Waals surface area contributed by atoms with Crippen molar-refractivity contribution in [2.75, 3.05) is 21.5 Å². The third kappa shape index (κ3) is 5.90. The van der Waals surface area contributed by atoms with Crippen molar-refractivity contribution >= 4 is 46.2 Å². The quantitative estimate of drug-likeness (QED) is 0.473. The number of anilines is 3. The van der Waals surface area contributed by atoms with Crippen molar-refractivity contribution in [3.63, 3.8) is 0 Å². The predicted molar refractivity (Wildman–Crippen MR) is 155 cm³/mol. The van der Waals surface area contributed by atoms with Crippen LogP contribution in [-0.4, -0.2) is 47.8 Å². The molecule has 11 heteroatoms. The second-order valence-electron chi connectivity index (χ2n) is 12.5. The first-order chi connectivity index (χ1) is 18.6. The summed E-state index contributed by atoms with van der Waals surface area (Å²) in [5, 5.41) is 9.49. The Bertz CT molecular complexity index is 1380. The van der Waals surface area contributed by atoms with E-state index in [4.69, 9.17) is 10.7 Å². The fraction of sp³-hybridized carbons (Fsp3) is 0.517. The van der Waals surface area contributed by atoms with E-state index in [1.165, 1.54) is 18.2 Å². The van der Waals surface area contributed by atoms with Gasteiger partial charge in [0, 0.05) is 23.1 Å². The van der Waals surface area contributed by atoms with Gasteiger partial charge in [-0.05, 0) is 69.2 Å². The zero-order valence-electron chi connectivity index (χ0n) is 23.9. The highest BCUT2D eigenvalue weighted by Gasteiger charge is 2.41. The predicted octanol–water partition coefficient (Wildman–Crippen LogP) is 4.69. The summed E-state index contributed by atoms with van der Waals surface area (Å²) in [5.41, 5.74) is 7.62. The molecule has 40 heavy (non-hydrogen) atoms. The molecule has 1 saturated heterocycles. The van der Waals surface area contributed by atoms with Crippen molar-refractivity contribution < 1.29 is 23.5 Å². The van der Waals surface area contributed by atoms with Crippen LogP contribution in [0.15, 0.2) is 30.3 Å². The number of hydrogen-bond donors (Lipinski definition) is 2. The van der Waals surface area contributed by atoms with E-state index in [9.17, 15) is 23.5 Å². The molecule has 1 aliphatic heterocycles. The Morgan fingerprint density at radius 1 is 1.25 bits per heavy atom. The molecule has 0 saturated carbocycles. The van der Waals surface area contributed by atoms with Crippen molar-refractivity contribution in [2.45, 2.75) is 78.2 Å². The minimum Gasteiger partial charge on any atom is -0.755 e. The van der Waals surface area contributed by atoms with Crippen molar-refractivity contribution in [3.8, 4) is 0 Å². The molecule has 3 N–H and O–H groups in total. The Hall–Kier alpha value is -3.31. The average Bonchev–Trinajstić information content (AvgIpc) is 3.14. The van der Waals surface area contributed by atoms with E-state index in [-0.39, 0.29) is 22.7 Å². The molecule has 2 aliphatic rings. The summed E-state index contributed by atoms with van der Waals surface area (Å²) >= 11 is -2.98. The number of hydrogen-bond acceptors (Lipinski definition) is 8. The largest absolute Gasteiger partial charge is 0.755 e. The van der Waals surface area contributed by atoms with E-state index in [1.54, 1.807) is 6.07 Å². The number of aliphatic carboxylic acids is 1. The second kappa shape index (κ2) is 10.9. The van der Waals surface area contributed by atoms with Gasteiger partial charge in [-0.3, -0.25) is 13.8 Å². The van der Waals surface area contributed by atoms with Crippen LogP contribution in [-0.2, 0) is 21.5 Å². The summed E-state index contributed by atoms with van der Waals surface area (Å²) in [7, 11) is 0. The summed E-state index contributed by atoms with van der Waals surface area (Å²) in [4.78, 5) is 37.1. The molecule has 2 aromatic rings. The Balaban J connectivity index is 1.97. The smallest absolute Gasteiger partial charge is 0.306 e. The maximum absolute atomic E-state index is 14.2. The van der Waals surface area contributed by atoms with E-state index in [0.29, 0.717) is 41.8 Å². The van der Waals surface area contributed by atoms with Crippen LogP contribution in [0.2, 0.25) is 0 Å². The fourth-order valence-corrected chi connectivity index (χ4v) is 6.34. The number of carbonyl (C=O) groups is 2. The third-order valence-electron chi connectivity index (χ3n) is 7.68. The van der Waals surface area contributed by atoms with Crippen LogP contribution in [0, 0.1) is 11.8 Å². The Labute approximate surface area is 238 Å². The molecule has 1 amide bonds. The molecule has 1 fully saturated rings. The number of carbonyl (C=O) groups excluding carboxylic acids is 1. The van der Waals surface area contributed by atoms with Gasteiger partial charge >= 0.3 is 5.97 Å². The van der Waals surface area contributed by atoms with E-state index in [1.807, 2.05) is 26.8 Å². The summed E-state index contributed by atoms with van der Waals surface area (Å²) in [6.45, 7) is 13.1. The lowest BCUT2D eigenvalue weighted by Gasteiger charge is -2.36.